The zero-order valence-electron chi connectivity index (χ0n) is 20.0. The van der Waals surface area contributed by atoms with Gasteiger partial charge in [0.25, 0.3) is 0 Å². The van der Waals surface area contributed by atoms with Crippen LogP contribution in [0.3, 0.4) is 0 Å². The van der Waals surface area contributed by atoms with Gasteiger partial charge in [0.05, 0.1) is 11.5 Å². The molecule has 0 radical (unpaired) electrons. The van der Waals surface area contributed by atoms with E-state index in [0.717, 1.165) is 11.1 Å². The van der Waals surface area contributed by atoms with E-state index in [4.69, 9.17) is 4.74 Å². The fourth-order valence-electron chi connectivity index (χ4n) is 3.58. The Morgan fingerprint density at radius 3 is 2.24 bits per heavy atom. The van der Waals surface area contributed by atoms with Crippen LogP contribution in [0, 0.1) is 6.92 Å². The Hall–Kier alpha value is -3.16. The molecule has 0 aliphatic heterocycles. The highest BCUT2D eigenvalue weighted by molar-refractivity contribution is 7.89. The summed E-state index contributed by atoms with van der Waals surface area (Å²) in [6.07, 6.45) is 0.214. The molecule has 1 atom stereocenters. The molecule has 1 amide bonds. The highest BCUT2D eigenvalue weighted by Gasteiger charge is 2.27. The van der Waals surface area contributed by atoms with Crippen LogP contribution < -0.4 is 14.8 Å². The van der Waals surface area contributed by atoms with Crippen molar-refractivity contribution >= 4 is 21.6 Å². The number of benzene rings is 3. The van der Waals surface area contributed by atoms with Crippen LogP contribution in [0.5, 0.6) is 5.75 Å². The largest absolute Gasteiger partial charge is 0.494 e. The molecule has 2 N–H and O–H groups in total. The number of rotatable bonds is 10. The van der Waals surface area contributed by atoms with E-state index < -0.39 is 22.0 Å². The summed E-state index contributed by atoms with van der Waals surface area (Å²) in [5, 5.41) is 2.85. The highest BCUT2D eigenvalue weighted by Crippen LogP contribution is 2.23. The number of anilines is 1. The van der Waals surface area contributed by atoms with E-state index >= 15 is 0 Å². The second-order valence-corrected chi connectivity index (χ2v) is 10.2. The van der Waals surface area contributed by atoms with Gasteiger partial charge < -0.3 is 10.1 Å². The Kier molecular flexibility index (Phi) is 8.47. The van der Waals surface area contributed by atoms with Crippen molar-refractivity contribution in [1.82, 2.24) is 4.72 Å². The van der Waals surface area contributed by atoms with Crippen LogP contribution in [0.1, 0.15) is 43.4 Å². The molecular formula is C27H32N2O4S. The maximum Gasteiger partial charge on any atom is 0.242 e. The zero-order chi connectivity index (χ0) is 24.7. The SMILES string of the molecule is CCOc1ccc(S(=O)(=O)NC(Cc2ccccc2)C(=O)Nc2ccc(C(C)C)cc2)cc1C. The van der Waals surface area contributed by atoms with Crippen LogP contribution in [-0.2, 0) is 21.2 Å². The number of carbonyl (C=O) groups excluding carboxylic acids is 1. The molecule has 0 aliphatic rings. The lowest BCUT2D eigenvalue weighted by atomic mass is 10.0. The van der Waals surface area contributed by atoms with Crippen molar-refractivity contribution < 1.29 is 17.9 Å². The van der Waals surface area contributed by atoms with Crippen molar-refractivity contribution in [2.24, 2.45) is 0 Å². The van der Waals surface area contributed by atoms with Gasteiger partial charge in [0.1, 0.15) is 11.8 Å². The number of carbonyl (C=O) groups is 1. The summed E-state index contributed by atoms with van der Waals surface area (Å²) in [7, 11) is -3.96. The van der Waals surface area contributed by atoms with E-state index in [1.54, 1.807) is 19.1 Å². The lowest BCUT2D eigenvalue weighted by Gasteiger charge is -2.19. The first-order valence-corrected chi connectivity index (χ1v) is 12.9. The Labute approximate surface area is 202 Å². The smallest absolute Gasteiger partial charge is 0.242 e. The maximum absolute atomic E-state index is 13.2. The van der Waals surface area contributed by atoms with Crippen molar-refractivity contribution in [3.63, 3.8) is 0 Å². The molecule has 0 heterocycles. The molecule has 3 aromatic rings. The monoisotopic (exact) mass is 480 g/mol. The van der Waals surface area contributed by atoms with Gasteiger partial charge in [-0.2, -0.15) is 4.72 Å². The second kappa shape index (κ2) is 11.3. The Bertz CT molecular complexity index is 1210. The predicted octanol–water partition coefficient (Wildman–Crippen LogP) is 5.05. The lowest BCUT2D eigenvalue weighted by Crippen LogP contribution is -2.45. The van der Waals surface area contributed by atoms with Gasteiger partial charge in [-0.3, -0.25) is 4.79 Å². The summed E-state index contributed by atoms with van der Waals surface area (Å²) in [6, 6.07) is 20.6. The predicted molar refractivity (Wildman–Crippen MR) is 136 cm³/mol. The molecule has 0 aromatic heterocycles. The van der Waals surface area contributed by atoms with Crippen LogP contribution >= 0.6 is 0 Å². The quantitative estimate of drug-likeness (QED) is 0.426. The van der Waals surface area contributed by atoms with E-state index in [1.165, 1.54) is 6.07 Å². The number of hydrogen-bond acceptors (Lipinski definition) is 4. The molecule has 0 spiro atoms. The van der Waals surface area contributed by atoms with Gasteiger partial charge in [-0.1, -0.05) is 56.3 Å². The summed E-state index contributed by atoms with van der Waals surface area (Å²) >= 11 is 0. The van der Waals surface area contributed by atoms with Crippen LogP contribution in [0.2, 0.25) is 0 Å². The normalized spacial score (nSPS) is 12.4. The molecule has 7 heteroatoms. The molecule has 0 saturated carbocycles. The van der Waals surface area contributed by atoms with E-state index in [-0.39, 0.29) is 11.3 Å². The topological polar surface area (TPSA) is 84.5 Å². The summed E-state index contributed by atoms with van der Waals surface area (Å²) in [4.78, 5) is 13.3. The zero-order valence-corrected chi connectivity index (χ0v) is 20.9. The summed E-state index contributed by atoms with van der Waals surface area (Å²) in [5.74, 6) is 0.581. The van der Waals surface area contributed by atoms with E-state index in [2.05, 4.69) is 23.9 Å². The second-order valence-electron chi connectivity index (χ2n) is 8.49. The van der Waals surface area contributed by atoms with E-state index in [9.17, 15) is 13.2 Å². The lowest BCUT2D eigenvalue weighted by molar-refractivity contribution is -0.117. The first-order chi connectivity index (χ1) is 16.2. The van der Waals surface area contributed by atoms with Crippen LogP contribution in [0.25, 0.3) is 0 Å². The first-order valence-electron chi connectivity index (χ1n) is 11.4. The van der Waals surface area contributed by atoms with Crippen LogP contribution in [0.15, 0.2) is 77.7 Å². The third-order valence-electron chi connectivity index (χ3n) is 5.50. The molecule has 6 nitrogen and oxygen atoms in total. The van der Waals surface area contributed by atoms with Crippen molar-refractivity contribution in [3.05, 3.63) is 89.5 Å². The fourth-order valence-corrected chi connectivity index (χ4v) is 4.86. The molecule has 34 heavy (non-hydrogen) atoms. The number of aryl methyl sites for hydroxylation is 1. The number of sulfonamides is 1. The van der Waals surface area contributed by atoms with Gasteiger partial charge in [0.15, 0.2) is 0 Å². The van der Waals surface area contributed by atoms with E-state index in [1.807, 2.05) is 61.5 Å². The molecule has 1 unspecified atom stereocenters. The van der Waals surface area contributed by atoms with Crippen LogP contribution in [-0.4, -0.2) is 27.0 Å². The average molecular weight is 481 g/mol. The molecule has 3 rings (SSSR count). The number of amides is 1. The van der Waals surface area contributed by atoms with Crippen molar-refractivity contribution in [1.29, 1.82) is 0 Å². The van der Waals surface area contributed by atoms with Gasteiger partial charge in [-0.15, -0.1) is 0 Å². The molecule has 0 bridgehead atoms. The van der Waals surface area contributed by atoms with Gasteiger partial charge in [-0.05, 0) is 73.2 Å². The van der Waals surface area contributed by atoms with Gasteiger partial charge >= 0.3 is 0 Å². The number of nitrogens with one attached hydrogen (secondary N) is 2. The summed E-state index contributed by atoms with van der Waals surface area (Å²) < 4.78 is 34.5. The minimum Gasteiger partial charge on any atom is -0.494 e. The molecular weight excluding hydrogens is 448 g/mol. The third-order valence-corrected chi connectivity index (χ3v) is 6.97. The Morgan fingerprint density at radius 1 is 0.971 bits per heavy atom. The third kappa shape index (κ3) is 6.68. The van der Waals surface area contributed by atoms with Gasteiger partial charge in [0.2, 0.25) is 15.9 Å². The van der Waals surface area contributed by atoms with Gasteiger partial charge in [-0.25, -0.2) is 8.42 Å². The molecule has 0 saturated heterocycles. The molecule has 3 aromatic carbocycles. The summed E-state index contributed by atoms with van der Waals surface area (Å²) in [6.45, 7) is 8.35. The summed E-state index contributed by atoms with van der Waals surface area (Å²) in [5.41, 5.74) is 3.33. The van der Waals surface area contributed by atoms with Crippen LogP contribution in [0.4, 0.5) is 5.69 Å². The Morgan fingerprint density at radius 2 is 1.65 bits per heavy atom. The standard InChI is InChI=1S/C27H32N2O4S/c1-5-33-26-16-15-24(17-20(26)4)34(31,32)29-25(18-21-9-7-6-8-10-21)27(30)28-23-13-11-22(12-14-23)19(2)3/h6-17,19,25,29H,5,18H2,1-4H3,(H,28,30). The minimum absolute atomic E-state index is 0.0839. The Balaban J connectivity index is 1.84. The highest BCUT2D eigenvalue weighted by atomic mass is 32.2. The average Bonchev–Trinajstić information content (AvgIpc) is 2.81. The van der Waals surface area contributed by atoms with Crippen molar-refractivity contribution in [2.75, 3.05) is 11.9 Å². The molecule has 0 fully saturated rings. The molecule has 0 aliphatic carbocycles. The number of hydrogen-bond donors (Lipinski definition) is 2. The van der Waals surface area contributed by atoms with E-state index in [0.29, 0.717) is 29.5 Å². The first kappa shape index (κ1) is 25.5. The van der Waals surface area contributed by atoms with Crippen molar-refractivity contribution in [3.8, 4) is 5.75 Å². The number of ether oxygens (including phenoxy) is 1. The van der Waals surface area contributed by atoms with Gasteiger partial charge in [0, 0.05) is 5.69 Å². The fraction of sp³-hybridized carbons (Fsp3) is 0.296. The maximum atomic E-state index is 13.2. The van der Waals surface area contributed by atoms with Crippen molar-refractivity contribution in [2.45, 2.75) is 51.0 Å². The minimum atomic E-state index is -3.96. The molecule has 180 valence electrons.